The smallest absolute Gasteiger partial charge is 0.146 e. The van der Waals surface area contributed by atoms with Gasteiger partial charge in [0.2, 0.25) is 0 Å². The van der Waals surface area contributed by atoms with E-state index < -0.39 is 0 Å². The summed E-state index contributed by atoms with van der Waals surface area (Å²) < 4.78 is 18.8. The first-order chi connectivity index (χ1) is 8.24. The van der Waals surface area contributed by atoms with Gasteiger partial charge in [0.25, 0.3) is 0 Å². The summed E-state index contributed by atoms with van der Waals surface area (Å²) in [5.41, 5.74) is 2.69. The lowest BCUT2D eigenvalue weighted by Crippen LogP contribution is -1.96. The number of benzene rings is 1. The lowest BCUT2D eigenvalue weighted by molar-refractivity contribution is 0.134. The predicted molar refractivity (Wildman–Crippen MR) is 69.0 cm³/mol. The minimum atomic E-state index is -0.241. The summed E-state index contributed by atoms with van der Waals surface area (Å²) in [4.78, 5) is 0. The van der Waals surface area contributed by atoms with Gasteiger partial charge in [-0.05, 0) is 18.1 Å². The Labute approximate surface area is 102 Å². The average molecular weight is 235 g/mol. The highest BCUT2D eigenvalue weighted by molar-refractivity contribution is 5.63. The Morgan fingerprint density at radius 3 is 2.82 bits per heavy atom. The van der Waals surface area contributed by atoms with Gasteiger partial charge in [-0.2, -0.15) is 0 Å². The van der Waals surface area contributed by atoms with Crippen LogP contribution in [0.2, 0.25) is 0 Å². The van der Waals surface area contributed by atoms with E-state index in [4.69, 9.17) is 4.74 Å². The van der Waals surface area contributed by atoms with Crippen LogP contribution in [0.15, 0.2) is 37.1 Å². The number of allylic oxidation sites excluding steroid dienone is 1. The van der Waals surface area contributed by atoms with Crippen molar-refractivity contribution in [3.05, 3.63) is 53.7 Å². The largest absolute Gasteiger partial charge is 0.392 e. The highest BCUT2D eigenvalue weighted by Gasteiger charge is 2.16. The van der Waals surface area contributed by atoms with Crippen molar-refractivity contribution in [1.82, 2.24) is 5.32 Å². The lowest BCUT2D eigenvalue weighted by atomic mass is 10.0. The summed E-state index contributed by atoms with van der Waals surface area (Å²) >= 11 is 0. The Hall–Kier alpha value is -1.61. The zero-order chi connectivity index (χ0) is 12.7. The Morgan fingerprint density at radius 1 is 1.47 bits per heavy atom. The highest BCUT2D eigenvalue weighted by atomic mass is 19.1. The van der Waals surface area contributed by atoms with Gasteiger partial charge in [0.05, 0.1) is 13.2 Å². The molecular weight excluding hydrogens is 217 g/mol. The van der Waals surface area contributed by atoms with Crippen LogP contribution in [0.25, 0.3) is 5.83 Å². The van der Waals surface area contributed by atoms with Gasteiger partial charge in [0.15, 0.2) is 0 Å². The third kappa shape index (κ3) is 3.43. The third-order valence-corrected chi connectivity index (χ3v) is 2.31. The number of ether oxygens (including phenoxy) is 1. The molecule has 0 amide bonds. The third-order valence-electron chi connectivity index (χ3n) is 2.31. The second-order valence-electron chi connectivity index (χ2n) is 3.63. The molecule has 1 aliphatic rings. The fourth-order valence-electron chi connectivity index (χ4n) is 1.63. The average Bonchev–Trinajstić information content (AvgIpc) is 2.78. The first kappa shape index (κ1) is 13.5. The molecule has 0 aliphatic carbocycles. The van der Waals surface area contributed by atoms with E-state index in [2.05, 4.69) is 11.9 Å². The minimum absolute atomic E-state index is 0.241. The molecule has 0 saturated heterocycles. The SMILES string of the molecule is C=CC.CN/C=C(\F)c1cccc2c1COC2. The van der Waals surface area contributed by atoms with E-state index in [-0.39, 0.29) is 5.83 Å². The van der Waals surface area contributed by atoms with Crippen molar-refractivity contribution < 1.29 is 9.13 Å². The monoisotopic (exact) mass is 235 g/mol. The molecule has 0 aromatic heterocycles. The molecule has 1 N–H and O–H groups in total. The zero-order valence-electron chi connectivity index (χ0n) is 10.3. The molecule has 17 heavy (non-hydrogen) atoms. The van der Waals surface area contributed by atoms with E-state index in [9.17, 15) is 4.39 Å². The molecule has 0 fully saturated rings. The van der Waals surface area contributed by atoms with Crippen LogP contribution >= 0.6 is 0 Å². The second-order valence-corrected chi connectivity index (χ2v) is 3.63. The highest BCUT2D eigenvalue weighted by Crippen LogP contribution is 2.28. The van der Waals surface area contributed by atoms with E-state index >= 15 is 0 Å². The molecule has 1 aromatic rings. The summed E-state index contributed by atoms with van der Waals surface area (Å²) in [6.45, 7) is 6.35. The molecule has 2 nitrogen and oxygen atoms in total. The minimum Gasteiger partial charge on any atom is -0.392 e. The van der Waals surface area contributed by atoms with Crippen molar-refractivity contribution in [2.24, 2.45) is 0 Å². The fourth-order valence-corrected chi connectivity index (χ4v) is 1.63. The van der Waals surface area contributed by atoms with Crippen molar-refractivity contribution in [1.29, 1.82) is 0 Å². The molecule has 1 aliphatic heterocycles. The topological polar surface area (TPSA) is 21.3 Å². The van der Waals surface area contributed by atoms with Gasteiger partial charge >= 0.3 is 0 Å². The van der Waals surface area contributed by atoms with Crippen LogP contribution in [0, 0.1) is 0 Å². The van der Waals surface area contributed by atoms with E-state index in [0.29, 0.717) is 18.8 Å². The van der Waals surface area contributed by atoms with Crippen LogP contribution in [0.3, 0.4) is 0 Å². The molecule has 0 radical (unpaired) electrons. The second kappa shape index (κ2) is 6.86. The molecule has 3 heteroatoms. The fraction of sp³-hybridized carbons (Fsp3) is 0.286. The van der Waals surface area contributed by atoms with Gasteiger partial charge in [0, 0.05) is 18.8 Å². The van der Waals surface area contributed by atoms with Crippen LogP contribution in [-0.4, -0.2) is 7.05 Å². The van der Waals surface area contributed by atoms with Crippen LogP contribution < -0.4 is 5.32 Å². The molecule has 0 atom stereocenters. The van der Waals surface area contributed by atoms with Crippen molar-refractivity contribution in [3.8, 4) is 0 Å². The van der Waals surface area contributed by atoms with Crippen LogP contribution in [0.4, 0.5) is 4.39 Å². The maximum atomic E-state index is 13.5. The molecule has 0 bridgehead atoms. The summed E-state index contributed by atoms with van der Waals surface area (Å²) in [7, 11) is 1.68. The van der Waals surface area contributed by atoms with Gasteiger partial charge in [-0.3, -0.25) is 0 Å². The quantitative estimate of drug-likeness (QED) is 0.793. The number of fused-ring (bicyclic) bond motifs is 1. The molecule has 0 saturated carbocycles. The molecule has 0 unspecified atom stereocenters. The van der Waals surface area contributed by atoms with Gasteiger partial charge < -0.3 is 10.1 Å². The number of nitrogens with one attached hydrogen (secondary N) is 1. The summed E-state index contributed by atoms with van der Waals surface area (Å²) in [5.74, 6) is -0.241. The van der Waals surface area contributed by atoms with E-state index in [1.165, 1.54) is 6.20 Å². The van der Waals surface area contributed by atoms with Gasteiger partial charge in [-0.15, -0.1) is 6.58 Å². The van der Waals surface area contributed by atoms with E-state index in [1.807, 2.05) is 19.1 Å². The number of rotatable bonds is 2. The standard InChI is InChI=1S/C11H12FNO.C3H6/c1-13-5-11(12)9-4-2-3-8-6-14-7-10(8)9;1-3-2/h2-5,13H,6-7H2,1H3;3H,1H2,2H3/b11-5-;. The van der Waals surface area contributed by atoms with Crippen molar-refractivity contribution in [2.45, 2.75) is 20.1 Å². The van der Waals surface area contributed by atoms with Gasteiger partial charge in [-0.1, -0.05) is 24.3 Å². The van der Waals surface area contributed by atoms with Gasteiger partial charge in [0.1, 0.15) is 5.83 Å². The molecule has 1 heterocycles. The van der Waals surface area contributed by atoms with Crippen molar-refractivity contribution >= 4 is 5.83 Å². The first-order valence-electron chi connectivity index (χ1n) is 5.53. The summed E-state index contributed by atoms with van der Waals surface area (Å²) in [6, 6.07) is 5.60. The maximum absolute atomic E-state index is 13.5. The Morgan fingerprint density at radius 2 is 2.18 bits per heavy atom. The van der Waals surface area contributed by atoms with Crippen LogP contribution in [-0.2, 0) is 18.0 Å². The first-order valence-corrected chi connectivity index (χ1v) is 5.53. The van der Waals surface area contributed by atoms with Crippen LogP contribution in [0.5, 0.6) is 0 Å². The Kier molecular flexibility index (Phi) is 5.43. The maximum Gasteiger partial charge on any atom is 0.146 e. The Bertz CT molecular complexity index is 413. The lowest BCUT2D eigenvalue weighted by Gasteiger charge is -2.04. The molecule has 0 spiro atoms. The predicted octanol–water partition coefficient (Wildman–Crippen LogP) is 3.40. The molecule has 1 aromatic carbocycles. The summed E-state index contributed by atoms with van der Waals surface area (Å²) in [5, 5.41) is 2.68. The molecule has 2 rings (SSSR count). The Balaban J connectivity index is 0.000000437. The number of halogens is 1. The zero-order valence-corrected chi connectivity index (χ0v) is 10.3. The molecule has 92 valence electrons. The normalized spacial score (nSPS) is 13.5. The molecular formula is C14H18FNO. The van der Waals surface area contributed by atoms with Crippen LogP contribution in [0.1, 0.15) is 23.6 Å². The van der Waals surface area contributed by atoms with E-state index in [0.717, 1.165) is 11.1 Å². The van der Waals surface area contributed by atoms with Gasteiger partial charge in [-0.25, -0.2) is 4.39 Å². The van der Waals surface area contributed by atoms with E-state index in [1.54, 1.807) is 19.2 Å². The van der Waals surface area contributed by atoms with Crippen molar-refractivity contribution in [3.63, 3.8) is 0 Å². The number of hydrogen-bond acceptors (Lipinski definition) is 2. The summed E-state index contributed by atoms with van der Waals surface area (Å²) in [6.07, 6.45) is 3.11. The van der Waals surface area contributed by atoms with Crippen molar-refractivity contribution in [2.75, 3.05) is 7.05 Å². The number of hydrogen-bond donors (Lipinski definition) is 1.